The highest BCUT2D eigenvalue weighted by molar-refractivity contribution is 6.37. The van der Waals surface area contributed by atoms with E-state index in [9.17, 15) is 14.4 Å². The number of hydrogen-bond donors (Lipinski definition) is 2. The Morgan fingerprint density at radius 3 is 2.26 bits per heavy atom. The maximum Gasteiger partial charge on any atom is 0.336 e. The molecule has 0 saturated carbocycles. The van der Waals surface area contributed by atoms with Crippen LogP contribution in [-0.2, 0) is 4.79 Å². The van der Waals surface area contributed by atoms with Crippen molar-refractivity contribution in [3.8, 4) is 11.5 Å². The summed E-state index contributed by atoms with van der Waals surface area (Å²) in [5.41, 5.74) is 4.69. The first-order chi connectivity index (χ1) is 20.2. The summed E-state index contributed by atoms with van der Waals surface area (Å²) in [6.45, 7) is 0. The molecule has 4 aromatic carbocycles. The molecule has 0 aliphatic carbocycles. The van der Waals surface area contributed by atoms with E-state index in [0.717, 1.165) is 5.56 Å². The molecule has 4 rings (SSSR count). The average molecular weight is 623 g/mol. The minimum Gasteiger partial charge on any atom is -0.493 e. The molecule has 4 aromatic rings. The lowest BCUT2D eigenvalue weighted by Gasteiger charge is -2.09. The van der Waals surface area contributed by atoms with E-state index in [4.69, 9.17) is 44.3 Å². The zero-order valence-corrected chi connectivity index (χ0v) is 24.2. The van der Waals surface area contributed by atoms with Gasteiger partial charge in [0, 0.05) is 27.4 Å². The molecule has 0 fully saturated rings. The van der Waals surface area contributed by atoms with E-state index in [1.54, 1.807) is 72.8 Å². The molecule has 0 spiro atoms. The number of anilines is 1. The Bertz CT molecular complexity index is 1690. The van der Waals surface area contributed by atoms with Crippen LogP contribution in [0.1, 0.15) is 31.8 Å². The number of carbonyl (C=O) groups is 3. The first-order valence-electron chi connectivity index (χ1n) is 12.2. The Hall–Kier alpha value is -4.63. The highest BCUT2D eigenvalue weighted by Gasteiger charge is 2.13. The van der Waals surface area contributed by atoms with Crippen LogP contribution in [-0.4, -0.2) is 31.1 Å². The highest BCUT2D eigenvalue weighted by atomic mass is 35.5. The van der Waals surface area contributed by atoms with Crippen molar-refractivity contribution < 1.29 is 23.9 Å². The average Bonchev–Trinajstić information content (AvgIpc) is 2.97. The molecule has 2 N–H and O–H groups in total. The molecule has 0 aromatic heterocycles. The van der Waals surface area contributed by atoms with E-state index in [0.29, 0.717) is 27.0 Å². The van der Waals surface area contributed by atoms with Crippen molar-refractivity contribution in [2.45, 2.75) is 0 Å². The number of benzene rings is 4. The summed E-state index contributed by atoms with van der Waals surface area (Å²) in [5.74, 6) is -1.04. The van der Waals surface area contributed by atoms with Gasteiger partial charge in [0.1, 0.15) is 0 Å². The lowest BCUT2D eigenvalue weighted by Crippen LogP contribution is -2.18. The number of hydrazone groups is 1. The van der Waals surface area contributed by atoms with E-state index < -0.39 is 17.8 Å². The topological polar surface area (TPSA) is 106 Å². The summed E-state index contributed by atoms with van der Waals surface area (Å²) in [7, 11) is 1.44. The fourth-order valence-electron chi connectivity index (χ4n) is 3.57. The smallest absolute Gasteiger partial charge is 0.336 e. The summed E-state index contributed by atoms with van der Waals surface area (Å²) >= 11 is 17.9. The van der Waals surface area contributed by atoms with Crippen molar-refractivity contribution in [2.24, 2.45) is 5.10 Å². The molecule has 212 valence electrons. The molecule has 0 radical (unpaired) electrons. The van der Waals surface area contributed by atoms with Crippen molar-refractivity contribution in [1.82, 2.24) is 5.43 Å². The van der Waals surface area contributed by atoms with Crippen molar-refractivity contribution >= 4 is 70.6 Å². The van der Waals surface area contributed by atoms with Gasteiger partial charge in [0.05, 0.1) is 23.9 Å². The molecular weight excluding hydrogens is 601 g/mol. The summed E-state index contributed by atoms with van der Waals surface area (Å²) < 4.78 is 10.7. The van der Waals surface area contributed by atoms with E-state index in [1.807, 2.05) is 0 Å². The van der Waals surface area contributed by atoms with Crippen LogP contribution in [0.25, 0.3) is 6.08 Å². The Kier molecular flexibility index (Phi) is 10.3. The Morgan fingerprint density at radius 1 is 0.786 bits per heavy atom. The number of esters is 1. The lowest BCUT2D eigenvalue weighted by atomic mass is 10.1. The van der Waals surface area contributed by atoms with Crippen molar-refractivity contribution in [3.63, 3.8) is 0 Å². The highest BCUT2D eigenvalue weighted by Crippen LogP contribution is 2.28. The second-order valence-corrected chi connectivity index (χ2v) is 9.85. The Morgan fingerprint density at radius 2 is 1.52 bits per heavy atom. The van der Waals surface area contributed by atoms with Crippen LogP contribution in [0.3, 0.4) is 0 Å². The Balaban J connectivity index is 1.35. The van der Waals surface area contributed by atoms with Crippen LogP contribution in [0, 0.1) is 0 Å². The van der Waals surface area contributed by atoms with Gasteiger partial charge < -0.3 is 14.8 Å². The number of hydrogen-bond acceptors (Lipinski definition) is 6. The van der Waals surface area contributed by atoms with Gasteiger partial charge in [-0.15, -0.1) is 0 Å². The molecule has 0 unspecified atom stereocenters. The van der Waals surface area contributed by atoms with E-state index in [2.05, 4.69) is 15.8 Å². The third kappa shape index (κ3) is 8.44. The number of rotatable bonds is 9. The summed E-state index contributed by atoms with van der Waals surface area (Å²) in [6, 6.07) is 22.6. The monoisotopic (exact) mass is 621 g/mol. The maximum absolute atomic E-state index is 12.6. The molecular formula is C31H22Cl3N3O5. The molecule has 42 heavy (non-hydrogen) atoms. The van der Waals surface area contributed by atoms with Gasteiger partial charge in [-0.25, -0.2) is 10.2 Å². The van der Waals surface area contributed by atoms with Gasteiger partial charge in [-0.1, -0.05) is 53.0 Å². The number of amides is 2. The summed E-state index contributed by atoms with van der Waals surface area (Å²) in [4.78, 5) is 37.5. The van der Waals surface area contributed by atoms with E-state index in [1.165, 1.54) is 37.6 Å². The predicted molar refractivity (Wildman–Crippen MR) is 165 cm³/mol. The first kappa shape index (κ1) is 30.3. The molecule has 0 aliphatic rings. The van der Waals surface area contributed by atoms with E-state index in [-0.39, 0.29) is 21.9 Å². The standard InChI is InChI=1S/C31H22Cl3N3O5/c1-41-28-15-20(7-13-27(28)42-29(38)14-8-19-5-9-22(32)10-6-19)18-35-37-30(39)21-3-2-4-24(16-21)36-31(40)25-12-11-23(33)17-26(25)34/h2-18H,1H3,(H,36,40)(H,37,39)/b14-8+,35-18?. The largest absolute Gasteiger partial charge is 0.493 e. The van der Waals surface area contributed by atoms with Crippen LogP contribution in [0.5, 0.6) is 11.5 Å². The molecule has 11 heteroatoms. The fourth-order valence-corrected chi connectivity index (χ4v) is 4.19. The van der Waals surface area contributed by atoms with Crippen LogP contribution in [0.2, 0.25) is 15.1 Å². The number of ether oxygens (including phenoxy) is 2. The second kappa shape index (κ2) is 14.3. The summed E-state index contributed by atoms with van der Waals surface area (Å²) in [5, 5.41) is 7.90. The van der Waals surface area contributed by atoms with Gasteiger partial charge >= 0.3 is 5.97 Å². The van der Waals surface area contributed by atoms with Crippen molar-refractivity contribution in [3.05, 3.63) is 128 Å². The first-order valence-corrected chi connectivity index (χ1v) is 13.4. The number of carbonyl (C=O) groups excluding carboxylic acids is 3. The van der Waals surface area contributed by atoms with Crippen molar-refractivity contribution in [1.29, 1.82) is 0 Å². The maximum atomic E-state index is 12.6. The molecule has 0 bridgehead atoms. The SMILES string of the molecule is COc1cc(C=NNC(=O)c2cccc(NC(=O)c3ccc(Cl)cc3Cl)c2)ccc1OC(=O)/C=C/c1ccc(Cl)cc1. The van der Waals surface area contributed by atoms with Crippen LogP contribution >= 0.6 is 34.8 Å². The van der Waals surface area contributed by atoms with Gasteiger partial charge in [0.25, 0.3) is 11.8 Å². The van der Waals surface area contributed by atoms with Gasteiger partial charge in [0.15, 0.2) is 11.5 Å². The Labute approximate surface area is 256 Å². The predicted octanol–water partition coefficient (Wildman–Crippen LogP) is 7.29. The third-order valence-corrected chi connectivity index (χ3v) is 6.42. The van der Waals surface area contributed by atoms with Crippen LogP contribution in [0.15, 0.2) is 96.1 Å². The normalized spacial score (nSPS) is 11.0. The molecule has 0 aliphatic heterocycles. The summed E-state index contributed by atoms with van der Waals surface area (Å²) in [6.07, 6.45) is 4.30. The quantitative estimate of drug-likeness (QED) is 0.0670. The number of halogens is 3. The third-order valence-electron chi connectivity index (χ3n) is 5.62. The molecule has 0 atom stereocenters. The van der Waals surface area contributed by atoms with Crippen LogP contribution < -0.4 is 20.2 Å². The van der Waals surface area contributed by atoms with Gasteiger partial charge in [-0.2, -0.15) is 5.10 Å². The minimum absolute atomic E-state index is 0.206. The zero-order chi connectivity index (χ0) is 30.1. The van der Waals surface area contributed by atoms with Gasteiger partial charge in [-0.05, 0) is 83.9 Å². The second-order valence-electron chi connectivity index (χ2n) is 8.57. The van der Waals surface area contributed by atoms with E-state index >= 15 is 0 Å². The molecule has 0 saturated heterocycles. The molecule has 8 nitrogen and oxygen atoms in total. The van der Waals surface area contributed by atoms with Gasteiger partial charge in [0.2, 0.25) is 0 Å². The minimum atomic E-state index is -0.591. The fraction of sp³-hybridized carbons (Fsp3) is 0.0323. The molecule has 2 amide bonds. The number of nitrogens with one attached hydrogen (secondary N) is 2. The van der Waals surface area contributed by atoms with Crippen molar-refractivity contribution in [2.75, 3.05) is 12.4 Å². The molecule has 0 heterocycles. The number of nitrogens with zero attached hydrogens (tertiary/aromatic N) is 1. The lowest BCUT2D eigenvalue weighted by molar-refractivity contribution is -0.129. The number of methoxy groups -OCH3 is 1. The van der Waals surface area contributed by atoms with Gasteiger partial charge in [-0.3, -0.25) is 9.59 Å². The van der Waals surface area contributed by atoms with Crippen LogP contribution in [0.4, 0.5) is 5.69 Å². The zero-order valence-electron chi connectivity index (χ0n) is 21.9.